The summed E-state index contributed by atoms with van der Waals surface area (Å²) in [5, 5.41) is 2.43. The van der Waals surface area contributed by atoms with Gasteiger partial charge in [-0.3, -0.25) is 4.79 Å². The monoisotopic (exact) mass is 168 g/mol. The number of nitrogens with zero attached hydrogens (tertiary/aromatic N) is 1. The third kappa shape index (κ3) is 1.69. The van der Waals surface area contributed by atoms with Crippen LogP contribution in [0.3, 0.4) is 0 Å². The van der Waals surface area contributed by atoms with Crippen molar-refractivity contribution < 1.29 is 14.3 Å². The van der Waals surface area contributed by atoms with Crippen LogP contribution in [0.4, 0.5) is 0 Å². The second kappa shape index (κ2) is 3.17. The molecule has 0 saturated carbocycles. The first-order valence-electron chi connectivity index (χ1n) is 3.30. The van der Waals surface area contributed by atoms with Gasteiger partial charge in [0.05, 0.1) is 13.2 Å². The number of aliphatic imine (C=N–C) groups is 1. The number of hydrogen-bond donors (Lipinski definition) is 1. The van der Waals surface area contributed by atoms with Gasteiger partial charge in [-0.1, -0.05) is 0 Å². The molecule has 64 valence electrons. The number of amidine groups is 1. The van der Waals surface area contributed by atoms with Gasteiger partial charge < -0.3 is 10.1 Å². The molecule has 0 bridgehead atoms. The van der Waals surface area contributed by atoms with Crippen LogP contribution in [-0.4, -0.2) is 24.8 Å². The Morgan fingerprint density at radius 2 is 2.33 bits per heavy atom. The zero-order valence-electron chi connectivity index (χ0n) is 6.75. The highest BCUT2D eigenvalue weighted by molar-refractivity contribution is 6.13. The van der Waals surface area contributed by atoms with Crippen molar-refractivity contribution in [1.82, 2.24) is 5.32 Å². The molecule has 0 saturated heterocycles. The molecule has 1 aliphatic heterocycles. The average molecular weight is 168 g/mol. The number of amides is 1. The highest BCUT2D eigenvalue weighted by atomic mass is 16.5. The average Bonchev–Trinajstić information content (AvgIpc) is 2.30. The van der Waals surface area contributed by atoms with Gasteiger partial charge in [0, 0.05) is 0 Å². The largest absolute Gasteiger partial charge is 0.466 e. The van der Waals surface area contributed by atoms with E-state index in [4.69, 9.17) is 0 Å². The van der Waals surface area contributed by atoms with Gasteiger partial charge in [-0.2, -0.15) is 0 Å². The third-order valence-electron chi connectivity index (χ3n) is 1.27. The van der Waals surface area contributed by atoms with Crippen LogP contribution in [0.15, 0.2) is 16.8 Å². The zero-order chi connectivity index (χ0) is 9.14. The number of hydrogen-bond acceptors (Lipinski definition) is 4. The summed E-state index contributed by atoms with van der Waals surface area (Å²) in [7, 11) is 1.24. The third-order valence-corrected chi connectivity index (χ3v) is 1.27. The fourth-order valence-corrected chi connectivity index (χ4v) is 0.756. The fourth-order valence-electron chi connectivity index (χ4n) is 0.756. The van der Waals surface area contributed by atoms with Gasteiger partial charge in [-0.25, -0.2) is 9.79 Å². The van der Waals surface area contributed by atoms with Crippen molar-refractivity contribution in [2.24, 2.45) is 4.99 Å². The van der Waals surface area contributed by atoms with Crippen LogP contribution in [0.25, 0.3) is 0 Å². The summed E-state index contributed by atoms with van der Waals surface area (Å²) in [6.45, 7) is 1.63. The van der Waals surface area contributed by atoms with E-state index >= 15 is 0 Å². The minimum atomic E-state index is -0.585. The first-order valence-corrected chi connectivity index (χ1v) is 3.30. The van der Waals surface area contributed by atoms with E-state index in [0.29, 0.717) is 5.84 Å². The minimum absolute atomic E-state index is 0.0827. The molecule has 0 aromatic rings. The lowest BCUT2D eigenvalue weighted by Crippen LogP contribution is -2.21. The molecular weight excluding hydrogens is 160 g/mol. The highest BCUT2D eigenvalue weighted by Gasteiger charge is 2.17. The molecule has 0 radical (unpaired) electrons. The van der Waals surface area contributed by atoms with E-state index in [9.17, 15) is 9.59 Å². The Kier molecular flexibility index (Phi) is 2.23. The number of esters is 1. The standard InChI is InChI=1S/C7H8N2O3/c1-4-8-5(7(11)9-4)3-6(10)12-2/h3H,1-2H3,(H,8,9,11)/b5-3+. The Morgan fingerprint density at radius 1 is 1.67 bits per heavy atom. The van der Waals surface area contributed by atoms with E-state index in [1.165, 1.54) is 7.11 Å². The molecule has 0 atom stereocenters. The summed E-state index contributed by atoms with van der Waals surface area (Å²) in [5.41, 5.74) is 0.0827. The number of ether oxygens (including phenoxy) is 1. The number of carbonyl (C=O) groups excluding carboxylic acids is 2. The molecule has 5 heteroatoms. The SMILES string of the molecule is COC(=O)/C=C1/N=C(C)NC1=O. The molecule has 0 aromatic heterocycles. The maximum Gasteiger partial charge on any atom is 0.332 e. The van der Waals surface area contributed by atoms with E-state index in [1.807, 2.05) is 0 Å². The van der Waals surface area contributed by atoms with Crippen LogP contribution in [-0.2, 0) is 14.3 Å². The summed E-state index contributed by atoms with van der Waals surface area (Å²) in [4.78, 5) is 25.4. The van der Waals surface area contributed by atoms with E-state index in [-0.39, 0.29) is 11.6 Å². The molecule has 0 unspecified atom stereocenters. The number of rotatable bonds is 1. The van der Waals surface area contributed by atoms with Crippen molar-refractivity contribution in [3.05, 3.63) is 11.8 Å². The molecule has 1 rings (SSSR count). The van der Waals surface area contributed by atoms with Gasteiger partial charge in [0.2, 0.25) is 0 Å². The number of carbonyl (C=O) groups is 2. The van der Waals surface area contributed by atoms with E-state index < -0.39 is 5.97 Å². The summed E-state index contributed by atoms with van der Waals surface area (Å²) in [6, 6.07) is 0. The molecule has 1 amide bonds. The quantitative estimate of drug-likeness (QED) is 0.427. The summed E-state index contributed by atoms with van der Waals surface area (Å²) in [5.74, 6) is -0.480. The molecule has 12 heavy (non-hydrogen) atoms. The predicted molar refractivity (Wildman–Crippen MR) is 41.4 cm³/mol. The Bertz CT molecular complexity index is 291. The molecular formula is C7H8N2O3. The van der Waals surface area contributed by atoms with Crippen molar-refractivity contribution in [1.29, 1.82) is 0 Å². The lowest BCUT2D eigenvalue weighted by atomic mass is 10.4. The second-order valence-electron chi connectivity index (χ2n) is 2.20. The Morgan fingerprint density at radius 3 is 2.75 bits per heavy atom. The molecule has 1 N–H and O–H groups in total. The van der Waals surface area contributed by atoms with Crippen molar-refractivity contribution in [2.45, 2.75) is 6.92 Å². The Balaban J connectivity index is 2.82. The van der Waals surface area contributed by atoms with Crippen LogP contribution in [0.1, 0.15) is 6.92 Å². The second-order valence-corrected chi connectivity index (χ2v) is 2.20. The normalized spacial score (nSPS) is 19.0. The predicted octanol–water partition coefficient (Wildman–Crippen LogP) is -0.409. The van der Waals surface area contributed by atoms with Crippen molar-refractivity contribution in [3.8, 4) is 0 Å². The van der Waals surface area contributed by atoms with Crippen molar-refractivity contribution >= 4 is 17.7 Å². The van der Waals surface area contributed by atoms with Crippen LogP contribution < -0.4 is 5.32 Å². The first kappa shape index (κ1) is 8.45. The Hall–Kier alpha value is -1.65. The molecule has 0 aliphatic carbocycles. The van der Waals surface area contributed by atoms with Gasteiger partial charge in [0.1, 0.15) is 11.5 Å². The van der Waals surface area contributed by atoms with E-state index in [0.717, 1.165) is 6.08 Å². The molecule has 0 aromatic carbocycles. The zero-order valence-corrected chi connectivity index (χ0v) is 6.75. The first-order chi connectivity index (χ1) is 5.63. The van der Waals surface area contributed by atoms with Crippen molar-refractivity contribution in [2.75, 3.05) is 7.11 Å². The maximum atomic E-state index is 10.9. The van der Waals surface area contributed by atoms with Crippen LogP contribution in [0.5, 0.6) is 0 Å². The highest BCUT2D eigenvalue weighted by Crippen LogP contribution is 2.04. The van der Waals surface area contributed by atoms with E-state index in [1.54, 1.807) is 6.92 Å². The summed E-state index contributed by atoms with van der Waals surface area (Å²) < 4.78 is 4.33. The van der Waals surface area contributed by atoms with Crippen LogP contribution >= 0.6 is 0 Å². The van der Waals surface area contributed by atoms with E-state index in [2.05, 4.69) is 15.0 Å². The van der Waals surface area contributed by atoms with Crippen LogP contribution in [0, 0.1) is 0 Å². The van der Waals surface area contributed by atoms with Gasteiger partial charge in [0.25, 0.3) is 5.91 Å². The molecule has 0 fully saturated rings. The summed E-state index contributed by atoms with van der Waals surface area (Å²) in [6.07, 6.45) is 1.05. The molecule has 1 aliphatic rings. The minimum Gasteiger partial charge on any atom is -0.466 e. The maximum absolute atomic E-state index is 10.9. The smallest absolute Gasteiger partial charge is 0.332 e. The van der Waals surface area contributed by atoms with Gasteiger partial charge in [0.15, 0.2) is 0 Å². The summed E-state index contributed by atoms with van der Waals surface area (Å²) >= 11 is 0. The number of nitrogens with one attached hydrogen (secondary N) is 1. The molecule has 0 spiro atoms. The fraction of sp³-hybridized carbons (Fsp3) is 0.286. The molecule has 5 nitrogen and oxygen atoms in total. The lowest BCUT2D eigenvalue weighted by Gasteiger charge is -1.90. The van der Waals surface area contributed by atoms with Gasteiger partial charge in [-0.15, -0.1) is 0 Å². The van der Waals surface area contributed by atoms with Crippen LogP contribution in [0.2, 0.25) is 0 Å². The number of methoxy groups -OCH3 is 1. The Labute approximate surface area is 69.1 Å². The molecule has 1 heterocycles. The van der Waals surface area contributed by atoms with Gasteiger partial charge >= 0.3 is 5.97 Å². The van der Waals surface area contributed by atoms with Crippen molar-refractivity contribution in [3.63, 3.8) is 0 Å². The van der Waals surface area contributed by atoms with Gasteiger partial charge in [-0.05, 0) is 6.92 Å². The lowest BCUT2D eigenvalue weighted by molar-refractivity contribution is -0.135. The topological polar surface area (TPSA) is 67.8 Å².